The number of halogens is 1. The van der Waals surface area contributed by atoms with Gasteiger partial charge in [-0.3, -0.25) is 9.88 Å². The van der Waals surface area contributed by atoms with Crippen molar-refractivity contribution in [1.29, 1.82) is 0 Å². The van der Waals surface area contributed by atoms with E-state index in [2.05, 4.69) is 33.0 Å². The Morgan fingerprint density at radius 3 is 2.63 bits per heavy atom. The third-order valence-electron chi connectivity index (χ3n) is 6.01. The summed E-state index contributed by atoms with van der Waals surface area (Å²) < 4.78 is 0. The van der Waals surface area contributed by atoms with Crippen molar-refractivity contribution in [2.75, 3.05) is 32.7 Å². The lowest BCUT2D eigenvalue weighted by atomic mass is 9.90. The van der Waals surface area contributed by atoms with Gasteiger partial charge in [-0.15, -0.1) is 0 Å². The molecule has 1 aliphatic carbocycles. The van der Waals surface area contributed by atoms with Crippen LogP contribution in [0.3, 0.4) is 0 Å². The van der Waals surface area contributed by atoms with Gasteiger partial charge in [0.1, 0.15) is 0 Å². The van der Waals surface area contributed by atoms with Crippen molar-refractivity contribution in [2.45, 2.75) is 45.1 Å². The summed E-state index contributed by atoms with van der Waals surface area (Å²) in [5, 5.41) is 0.837. The minimum Gasteiger partial charge on any atom is -0.301 e. The normalized spacial score (nSPS) is 18.4. The summed E-state index contributed by atoms with van der Waals surface area (Å²) in [7, 11) is 0. The number of nitrogens with zero attached hydrogens (tertiary/aromatic N) is 3. The molecular weight excluding hydrogens is 354 g/mol. The molecule has 1 saturated heterocycles. The third-order valence-corrected chi connectivity index (χ3v) is 6.25. The second-order valence-electron chi connectivity index (χ2n) is 7.95. The Hall–Kier alpha value is -1.42. The van der Waals surface area contributed by atoms with Gasteiger partial charge < -0.3 is 4.90 Å². The largest absolute Gasteiger partial charge is 0.301 e. The van der Waals surface area contributed by atoms with Crippen LogP contribution in [0.1, 0.15) is 41.6 Å². The smallest absolute Gasteiger partial charge is 0.0438 e. The first-order valence-corrected chi connectivity index (χ1v) is 10.8. The molecule has 1 aliphatic heterocycles. The minimum atomic E-state index is 0.837. The molecular formula is C23H30ClN3. The molecule has 3 nitrogen and oxygen atoms in total. The molecule has 2 aliphatic rings. The van der Waals surface area contributed by atoms with Gasteiger partial charge >= 0.3 is 0 Å². The molecule has 0 bridgehead atoms. The Balaban J connectivity index is 1.21. The quantitative estimate of drug-likeness (QED) is 0.738. The molecule has 0 unspecified atom stereocenters. The monoisotopic (exact) mass is 383 g/mol. The van der Waals surface area contributed by atoms with E-state index in [0.717, 1.165) is 24.7 Å². The van der Waals surface area contributed by atoms with Gasteiger partial charge in [-0.2, -0.15) is 0 Å². The second-order valence-corrected chi connectivity index (χ2v) is 8.39. The molecule has 0 saturated carbocycles. The zero-order valence-electron chi connectivity index (χ0n) is 16.2. The lowest BCUT2D eigenvalue weighted by Gasteiger charge is -2.34. The zero-order valence-corrected chi connectivity index (χ0v) is 16.9. The molecule has 0 radical (unpaired) electrons. The highest BCUT2D eigenvalue weighted by molar-refractivity contribution is 6.30. The second kappa shape index (κ2) is 9.18. The Kier molecular flexibility index (Phi) is 6.43. The van der Waals surface area contributed by atoms with E-state index in [1.54, 1.807) is 11.1 Å². The predicted molar refractivity (Wildman–Crippen MR) is 112 cm³/mol. The van der Waals surface area contributed by atoms with Crippen molar-refractivity contribution in [2.24, 2.45) is 0 Å². The van der Waals surface area contributed by atoms with Crippen LogP contribution in [0.5, 0.6) is 0 Å². The van der Waals surface area contributed by atoms with Gasteiger partial charge in [0.25, 0.3) is 0 Å². The number of hydrogen-bond donors (Lipinski definition) is 0. The van der Waals surface area contributed by atoms with E-state index in [1.807, 2.05) is 18.3 Å². The molecule has 27 heavy (non-hydrogen) atoms. The minimum absolute atomic E-state index is 0.837. The van der Waals surface area contributed by atoms with Gasteiger partial charge in [0.2, 0.25) is 0 Å². The molecule has 1 aromatic carbocycles. The van der Waals surface area contributed by atoms with Crippen LogP contribution in [0.4, 0.5) is 0 Å². The molecule has 1 fully saturated rings. The first-order chi connectivity index (χ1) is 13.3. The highest BCUT2D eigenvalue weighted by Gasteiger charge is 2.18. The maximum atomic E-state index is 6.11. The van der Waals surface area contributed by atoms with Crippen LogP contribution in [0.25, 0.3) is 0 Å². The summed E-state index contributed by atoms with van der Waals surface area (Å²) >= 11 is 6.11. The number of aromatic nitrogens is 1. The molecule has 1 aromatic heterocycles. The van der Waals surface area contributed by atoms with E-state index in [9.17, 15) is 0 Å². The average molecular weight is 384 g/mol. The first kappa shape index (κ1) is 18.9. The summed E-state index contributed by atoms with van der Waals surface area (Å²) in [5.74, 6) is 0. The fourth-order valence-electron chi connectivity index (χ4n) is 4.49. The summed E-state index contributed by atoms with van der Waals surface area (Å²) in [4.78, 5) is 9.77. The van der Waals surface area contributed by atoms with Gasteiger partial charge in [0.05, 0.1) is 0 Å². The number of rotatable bonds is 6. The van der Waals surface area contributed by atoms with Crippen LogP contribution < -0.4 is 0 Å². The molecule has 0 N–H and O–H groups in total. The topological polar surface area (TPSA) is 19.4 Å². The van der Waals surface area contributed by atoms with Gasteiger partial charge in [-0.05, 0) is 80.0 Å². The average Bonchev–Trinajstić information content (AvgIpc) is 2.70. The van der Waals surface area contributed by atoms with Crippen molar-refractivity contribution in [1.82, 2.24) is 14.8 Å². The zero-order chi connectivity index (χ0) is 18.5. The van der Waals surface area contributed by atoms with Crippen LogP contribution in [0.15, 0.2) is 36.5 Å². The maximum absolute atomic E-state index is 6.11. The van der Waals surface area contributed by atoms with Crippen molar-refractivity contribution in [3.8, 4) is 0 Å². The van der Waals surface area contributed by atoms with E-state index in [0.29, 0.717) is 0 Å². The third kappa shape index (κ3) is 5.10. The predicted octanol–water partition coefficient (Wildman–Crippen LogP) is 4.36. The maximum Gasteiger partial charge on any atom is 0.0438 e. The molecule has 4 heteroatoms. The lowest BCUT2D eigenvalue weighted by molar-refractivity contribution is 0.126. The van der Waals surface area contributed by atoms with Crippen molar-refractivity contribution in [3.05, 3.63) is 63.9 Å². The Bertz CT molecular complexity index is 753. The number of benzene rings is 1. The first-order valence-electron chi connectivity index (χ1n) is 10.4. The van der Waals surface area contributed by atoms with Crippen LogP contribution in [0, 0.1) is 0 Å². The van der Waals surface area contributed by atoms with E-state index >= 15 is 0 Å². The van der Waals surface area contributed by atoms with Crippen LogP contribution in [0.2, 0.25) is 5.02 Å². The molecule has 144 valence electrons. The van der Waals surface area contributed by atoms with Crippen molar-refractivity contribution < 1.29 is 0 Å². The van der Waals surface area contributed by atoms with E-state index in [1.165, 1.54) is 69.4 Å². The van der Waals surface area contributed by atoms with Gasteiger partial charge in [0, 0.05) is 49.6 Å². The van der Waals surface area contributed by atoms with Gasteiger partial charge in [-0.1, -0.05) is 23.7 Å². The van der Waals surface area contributed by atoms with Crippen molar-refractivity contribution in [3.63, 3.8) is 0 Å². The highest BCUT2D eigenvalue weighted by Crippen LogP contribution is 2.23. The Morgan fingerprint density at radius 1 is 0.963 bits per heavy atom. The summed E-state index contributed by atoms with van der Waals surface area (Å²) in [6.45, 7) is 6.87. The molecule has 4 rings (SSSR count). The summed E-state index contributed by atoms with van der Waals surface area (Å²) in [6, 6.07) is 10.5. The Morgan fingerprint density at radius 2 is 1.78 bits per heavy atom. The fourth-order valence-corrected chi connectivity index (χ4v) is 4.70. The van der Waals surface area contributed by atoms with Gasteiger partial charge in [-0.25, -0.2) is 0 Å². The van der Waals surface area contributed by atoms with Crippen molar-refractivity contribution >= 4 is 11.6 Å². The molecule has 0 atom stereocenters. The van der Waals surface area contributed by atoms with Crippen LogP contribution in [-0.4, -0.2) is 47.5 Å². The molecule has 0 amide bonds. The Labute approximate surface area is 168 Å². The molecule has 2 aromatic rings. The number of fused-ring (bicyclic) bond motifs is 1. The molecule has 2 heterocycles. The van der Waals surface area contributed by atoms with E-state index < -0.39 is 0 Å². The number of piperazine rings is 1. The van der Waals surface area contributed by atoms with Gasteiger partial charge in [0.15, 0.2) is 0 Å². The van der Waals surface area contributed by atoms with E-state index in [-0.39, 0.29) is 0 Å². The summed E-state index contributed by atoms with van der Waals surface area (Å²) in [6.07, 6.45) is 9.54. The van der Waals surface area contributed by atoms with Crippen LogP contribution in [-0.2, 0) is 25.8 Å². The summed E-state index contributed by atoms with van der Waals surface area (Å²) in [5.41, 5.74) is 5.81. The molecule has 0 spiro atoms. The number of aryl methyl sites for hydroxylation is 2. The van der Waals surface area contributed by atoms with Crippen LogP contribution >= 0.6 is 11.6 Å². The van der Waals surface area contributed by atoms with E-state index in [4.69, 9.17) is 11.6 Å². The SMILES string of the molecule is Clc1cccc(CN2CCN(CCCc3ccnc4c3CCCC4)CC2)c1. The fraction of sp³-hybridized carbons (Fsp3) is 0.522. The lowest BCUT2D eigenvalue weighted by Crippen LogP contribution is -2.46. The standard InChI is InChI=1S/C23H30ClN3/c24-21-7-3-5-19(17-21)18-27-15-13-26(14-16-27)12-4-6-20-10-11-25-23-9-2-1-8-22(20)23/h3,5,7,10-11,17H,1-2,4,6,8-9,12-16,18H2. The highest BCUT2D eigenvalue weighted by atomic mass is 35.5. The number of hydrogen-bond acceptors (Lipinski definition) is 3. The number of pyridine rings is 1.